The number of carbonyl (C=O) groups is 2. The van der Waals surface area contributed by atoms with Crippen molar-refractivity contribution in [2.75, 3.05) is 11.9 Å². The lowest BCUT2D eigenvalue weighted by atomic mass is 9.49. The summed E-state index contributed by atoms with van der Waals surface area (Å²) in [6, 6.07) is 5.79. The molecule has 0 spiro atoms. The second-order valence-corrected chi connectivity index (χ2v) is 8.62. The number of carbonyl (C=O) groups excluding carboxylic acids is 2. The number of hydrogen-bond donors (Lipinski definition) is 1. The molecule has 4 bridgehead atoms. The summed E-state index contributed by atoms with van der Waals surface area (Å²) in [5.74, 6) is 1.69. The van der Waals surface area contributed by atoms with Gasteiger partial charge in [0.05, 0.1) is 5.41 Å². The first-order chi connectivity index (χ1) is 11.9. The van der Waals surface area contributed by atoms with Crippen molar-refractivity contribution in [2.45, 2.75) is 52.4 Å². The highest BCUT2D eigenvalue weighted by Gasteiger charge is 2.55. The molecule has 0 aromatic heterocycles. The van der Waals surface area contributed by atoms with Gasteiger partial charge in [-0.2, -0.15) is 0 Å². The van der Waals surface area contributed by atoms with E-state index in [-0.39, 0.29) is 23.9 Å². The van der Waals surface area contributed by atoms with E-state index in [2.05, 4.69) is 5.32 Å². The molecule has 0 saturated heterocycles. The molecule has 0 aliphatic heterocycles. The van der Waals surface area contributed by atoms with E-state index < -0.39 is 0 Å². The molecule has 4 aliphatic rings. The molecule has 0 unspecified atom stereocenters. The fraction of sp³-hybridized carbons (Fsp3) is 0.619. The molecule has 1 aromatic rings. The number of rotatable bonds is 4. The molecule has 25 heavy (non-hydrogen) atoms. The van der Waals surface area contributed by atoms with Gasteiger partial charge in [0.25, 0.3) is 5.91 Å². The lowest BCUT2D eigenvalue weighted by molar-refractivity contribution is -0.172. The van der Waals surface area contributed by atoms with Gasteiger partial charge >= 0.3 is 5.97 Å². The zero-order chi connectivity index (χ0) is 17.6. The topological polar surface area (TPSA) is 55.4 Å². The smallest absolute Gasteiger partial charge is 0.312 e. The molecular formula is C21H27NO3. The number of hydrogen-bond acceptors (Lipinski definition) is 3. The monoisotopic (exact) mass is 341 g/mol. The van der Waals surface area contributed by atoms with Crippen LogP contribution >= 0.6 is 0 Å². The molecule has 1 aromatic carbocycles. The fourth-order valence-corrected chi connectivity index (χ4v) is 5.66. The summed E-state index contributed by atoms with van der Waals surface area (Å²) in [6.07, 6.45) is 6.78. The van der Waals surface area contributed by atoms with E-state index in [1.54, 1.807) is 0 Å². The Morgan fingerprint density at radius 1 is 1.04 bits per heavy atom. The second kappa shape index (κ2) is 6.15. The predicted octanol–water partition coefficient (Wildman–Crippen LogP) is 4.00. The number of anilines is 1. The zero-order valence-corrected chi connectivity index (χ0v) is 15.1. The van der Waals surface area contributed by atoms with E-state index in [4.69, 9.17) is 4.74 Å². The van der Waals surface area contributed by atoms with Crippen molar-refractivity contribution in [3.63, 3.8) is 0 Å². The summed E-state index contributed by atoms with van der Waals surface area (Å²) in [6.45, 7) is 3.86. The third-order valence-corrected chi connectivity index (χ3v) is 6.60. The summed E-state index contributed by atoms with van der Waals surface area (Å²) in [4.78, 5) is 24.9. The van der Waals surface area contributed by atoms with E-state index in [9.17, 15) is 9.59 Å². The zero-order valence-electron chi connectivity index (χ0n) is 15.1. The van der Waals surface area contributed by atoms with Crippen LogP contribution in [-0.2, 0) is 14.3 Å². The second-order valence-electron chi connectivity index (χ2n) is 8.62. The highest BCUT2D eigenvalue weighted by molar-refractivity contribution is 5.93. The molecule has 0 heterocycles. The maximum atomic E-state index is 12.8. The standard InChI is InChI=1S/C21H27NO3/c1-13-3-4-18(5-14(13)2)22-19(23)12-25-20(24)21-9-15-6-16(10-21)8-17(7-15)11-21/h3-5,15-17H,6-12H2,1-2H3,(H,22,23). The van der Waals surface area contributed by atoms with E-state index in [1.165, 1.54) is 24.8 Å². The quantitative estimate of drug-likeness (QED) is 0.842. The molecular weight excluding hydrogens is 314 g/mol. The molecule has 4 heteroatoms. The van der Waals surface area contributed by atoms with Crippen molar-refractivity contribution in [3.8, 4) is 0 Å². The molecule has 4 saturated carbocycles. The van der Waals surface area contributed by atoms with Gasteiger partial charge in [0.15, 0.2) is 6.61 Å². The normalized spacial score (nSPS) is 32.5. The third kappa shape index (κ3) is 3.19. The number of ether oxygens (including phenoxy) is 1. The lowest BCUT2D eigenvalue weighted by Gasteiger charge is -2.55. The van der Waals surface area contributed by atoms with Gasteiger partial charge in [-0.3, -0.25) is 9.59 Å². The van der Waals surface area contributed by atoms with Crippen molar-refractivity contribution in [2.24, 2.45) is 23.2 Å². The molecule has 134 valence electrons. The predicted molar refractivity (Wildman–Crippen MR) is 96.1 cm³/mol. The minimum Gasteiger partial charge on any atom is -0.455 e. The Balaban J connectivity index is 1.34. The van der Waals surface area contributed by atoms with Crippen LogP contribution in [0.5, 0.6) is 0 Å². The summed E-state index contributed by atoms with van der Waals surface area (Å²) in [7, 11) is 0. The van der Waals surface area contributed by atoms with E-state index >= 15 is 0 Å². The number of aryl methyl sites for hydroxylation is 2. The van der Waals surface area contributed by atoms with Gasteiger partial charge in [-0.25, -0.2) is 0 Å². The van der Waals surface area contributed by atoms with Crippen molar-refractivity contribution in [1.82, 2.24) is 0 Å². The van der Waals surface area contributed by atoms with Crippen LogP contribution < -0.4 is 5.32 Å². The molecule has 4 nitrogen and oxygen atoms in total. The Labute approximate surface area is 149 Å². The maximum Gasteiger partial charge on any atom is 0.312 e. The lowest BCUT2D eigenvalue weighted by Crippen LogP contribution is -2.50. The number of amides is 1. The molecule has 1 amide bonds. The van der Waals surface area contributed by atoms with E-state index in [0.717, 1.165) is 30.5 Å². The van der Waals surface area contributed by atoms with Gasteiger partial charge in [0, 0.05) is 5.69 Å². The largest absolute Gasteiger partial charge is 0.455 e. The average Bonchev–Trinajstić information content (AvgIpc) is 2.55. The van der Waals surface area contributed by atoms with Crippen LogP contribution in [0.25, 0.3) is 0 Å². The van der Waals surface area contributed by atoms with Gasteiger partial charge < -0.3 is 10.1 Å². The number of benzene rings is 1. The Morgan fingerprint density at radius 3 is 2.20 bits per heavy atom. The van der Waals surface area contributed by atoms with E-state index in [0.29, 0.717) is 17.8 Å². The van der Waals surface area contributed by atoms with E-state index in [1.807, 2.05) is 32.0 Å². The first kappa shape index (κ1) is 16.6. The highest BCUT2D eigenvalue weighted by atomic mass is 16.5. The van der Waals surface area contributed by atoms with Crippen LogP contribution in [-0.4, -0.2) is 18.5 Å². The van der Waals surface area contributed by atoms with Gasteiger partial charge in [-0.05, 0) is 93.4 Å². The third-order valence-electron chi connectivity index (χ3n) is 6.60. The van der Waals surface area contributed by atoms with Crippen LogP contribution in [0.4, 0.5) is 5.69 Å². The van der Waals surface area contributed by atoms with Crippen LogP contribution in [0.1, 0.15) is 49.7 Å². The first-order valence-electron chi connectivity index (χ1n) is 9.48. The SMILES string of the molecule is Cc1ccc(NC(=O)COC(=O)C23CC4CC(CC(C4)C2)C3)cc1C. The van der Waals surface area contributed by atoms with Crippen LogP contribution in [0.2, 0.25) is 0 Å². The van der Waals surface area contributed by atoms with Crippen LogP contribution in [0.15, 0.2) is 18.2 Å². The molecule has 4 aliphatic carbocycles. The van der Waals surface area contributed by atoms with Gasteiger partial charge in [0.1, 0.15) is 0 Å². The van der Waals surface area contributed by atoms with Crippen molar-refractivity contribution >= 4 is 17.6 Å². The molecule has 1 N–H and O–H groups in total. The Bertz CT molecular complexity index is 674. The molecule has 5 rings (SSSR count). The summed E-state index contributed by atoms with van der Waals surface area (Å²) in [5.41, 5.74) is 2.77. The summed E-state index contributed by atoms with van der Waals surface area (Å²) in [5, 5.41) is 2.82. The summed E-state index contributed by atoms with van der Waals surface area (Å²) >= 11 is 0. The minimum atomic E-state index is -0.296. The van der Waals surface area contributed by atoms with Gasteiger partial charge in [0.2, 0.25) is 0 Å². The molecule has 0 radical (unpaired) electrons. The first-order valence-corrected chi connectivity index (χ1v) is 9.48. The van der Waals surface area contributed by atoms with Gasteiger partial charge in [-0.1, -0.05) is 6.07 Å². The maximum absolute atomic E-state index is 12.8. The highest BCUT2D eigenvalue weighted by Crippen LogP contribution is 2.60. The molecule has 4 fully saturated rings. The van der Waals surface area contributed by atoms with Crippen molar-refractivity contribution < 1.29 is 14.3 Å². The van der Waals surface area contributed by atoms with Crippen LogP contribution in [0, 0.1) is 37.0 Å². The Morgan fingerprint density at radius 2 is 1.64 bits per heavy atom. The van der Waals surface area contributed by atoms with Crippen molar-refractivity contribution in [1.29, 1.82) is 0 Å². The Kier molecular flexibility index (Phi) is 4.09. The summed E-state index contributed by atoms with van der Waals surface area (Å²) < 4.78 is 5.46. The van der Waals surface area contributed by atoms with Crippen molar-refractivity contribution in [3.05, 3.63) is 29.3 Å². The van der Waals surface area contributed by atoms with Crippen LogP contribution in [0.3, 0.4) is 0 Å². The fourth-order valence-electron chi connectivity index (χ4n) is 5.66. The van der Waals surface area contributed by atoms with Gasteiger partial charge in [-0.15, -0.1) is 0 Å². The number of esters is 1. The average molecular weight is 341 g/mol. The number of nitrogens with one attached hydrogen (secondary N) is 1. The Hall–Kier alpha value is -1.84. The molecule has 0 atom stereocenters. The minimum absolute atomic E-state index is 0.137.